The predicted octanol–water partition coefficient (Wildman–Crippen LogP) is 2.44. The Balaban J connectivity index is 3.17. The summed E-state index contributed by atoms with van der Waals surface area (Å²) in [6, 6.07) is 2.39. The van der Waals surface area contributed by atoms with E-state index in [1.54, 1.807) is 4.90 Å². The molecule has 1 aromatic carbocycles. The minimum absolute atomic E-state index is 0.0282. The zero-order chi connectivity index (χ0) is 15.4. The highest BCUT2D eigenvalue weighted by Crippen LogP contribution is 2.26. The van der Waals surface area contributed by atoms with Gasteiger partial charge >= 0.3 is 5.97 Å². The second-order valence-electron chi connectivity index (χ2n) is 4.96. The van der Waals surface area contributed by atoms with E-state index in [0.717, 1.165) is 6.07 Å². The van der Waals surface area contributed by atoms with Gasteiger partial charge in [-0.05, 0) is 40.1 Å². The Morgan fingerprint density at radius 2 is 1.90 bits per heavy atom. The van der Waals surface area contributed by atoms with Gasteiger partial charge in [-0.3, -0.25) is 0 Å². The van der Waals surface area contributed by atoms with Gasteiger partial charge in [0.2, 0.25) is 0 Å². The number of rotatable bonds is 6. The number of carboxylic acids is 1. The molecule has 0 aliphatic carbocycles. The zero-order valence-electron chi connectivity index (χ0n) is 12.2. The Labute approximate surface area is 117 Å². The van der Waals surface area contributed by atoms with Crippen molar-refractivity contribution < 1.29 is 18.7 Å². The van der Waals surface area contributed by atoms with E-state index in [1.807, 2.05) is 32.8 Å². The maximum atomic E-state index is 14.1. The smallest absolute Gasteiger partial charge is 0.338 e. The number of anilines is 1. The molecule has 1 atom stereocenters. The average molecular weight is 286 g/mol. The summed E-state index contributed by atoms with van der Waals surface area (Å²) in [5.41, 5.74) is -0.563. The van der Waals surface area contributed by atoms with Crippen LogP contribution in [0.1, 0.15) is 24.2 Å². The van der Waals surface area contributed by atoms with Crippen molar-refractivity contribution in [2.24, 2.45) is 0 Å². The van der Waals surface area contributed by atoms with Crippen LogP contribution < -0.4 is 4.90 Å². The molecule has 0 aliphatic rings. The molecule has 0 aliphatic heterocycles. The minimum Gasteiger partial charge on any atom is -0.478 e. The summed E-state index contributed by atoms with van der Waals surface area (Å²) < 4.78 is 27.8. The Hall–Kier alpha value is -1.69. The van der Waals surface area contributed by atoms with Gasteiger partial charge in [-0.1, -0.05) is 0 Å². The lowest BCUT2D eigenvalue weighted by molar-refractivity contribution is 0.0690. The van der Waals surface area contributed by atoms with E-state index in [-0.39, 0.29) is 11.7 Å². The lowest BCUT2D eigenvalue weighted by Gasteiger charge is -2.32. The van der Waals surface area contributed by atoms with E-state index in [1.165, 1.54) is 6.07 Å². The van der Waals surface area contributed by atoms with Crippen LogP contribution in [0.15, 0.2) is 12.1 Å². The molecule has 1 N–H and O–H groups in total. The number of nitrogens with zero attached hydrogens (tertiary/aromatic N) is 2. The summed E-state index contributed by atoms with van der Waals surface area (Å²) in [4.78, 5) is 14.4. The van der Waals surface area contributed by atoms with Gasteiger partial charge in [0.15, 0.2) is 11.6 Å². The van der Waals surface area contributed by atoms with E-state index < -0.39 is 23.2 Å². The fraction of sp³-hybridized carbons (Fsp3) is 0.500. The SMILES string of the molecule is CCN(c1ccc(C(=O)O)c(F)c1F)C(C)CN(C)C. The third-order valence-electron chi connectivity index (χ3n) is 3.10. The monoisotopic (exact) mass is 286 g/mol. The minimum atomic E-state index is -1.47. The zero-order valence-corrected chi connectivity index (χ0v) is 12.2. The van der Waals surface area contributed by atoms with Crippen LogP contribution in [0.2, 0.25) is 0 Å². The van der Waals surface area contributed by atoms with E-state index in [4.69, 9.17) is 5.11 Å². The van der Waals surface area contributed by atoms with Crippen molar-refractivity contribution in [2.45, 2.75) is 19.9 Å². The summed E-state index contributed by atoms with van der Waals surface area (Å²) in [6.45, 7) is 4.92. The highest BCUT2D eigenvalue weighted by Gasteiger charge is 2.23. The molecule has 20 heavy (non-hydrogen) atoms. The van der Waals surface area contributed by atoms with Gasteiger partial charge in [-0.25, -0.2) is 13.6 Å². The third-order valence-corrected chi connectivity index (χ3v) is 3.10. The number of aromatic carboxylic acids is 1. The Bertz CT molecular complexity index is 492. The van der Waals surface area contributed by atoms with Gasteiger partial charge in [-0.2, -0.15) is 0 Å². The number of carbonyl (C=O) groups is 1. The van der Waals surface area contributed by atoms with Gasteiger partial charge in [0, 0.05) is 19.1 Å². The fourth-order valence-electron chi connectivity index (χ4n) is 2.27. The van der Waals surface area contributed by atoms with Gasteiger partial charge in [0.05, 0.1) is 11.3 Å². The predicted molar refractivity (Wildman–Crippen MR) is 74.4 cm³/mol. The van der Waals surface area contributed by atoms with Crippen LogP contribution in [0.3, 0.4) is 0 Å². The topological polar surface area (TPSA) is 43.8 Å². The normalized spacial score (nSPS) is 12.6. The van der Waals surface area contributed by atoms with Gasteiger partial charge < -0.3 is 14.9 Å². The van der Waals surface area contributed by atoms with Gasteiger partial charge in [0.25, 0.3) is 0 Å². The molecule has 0 fully saturated rings. The third kappa shape index (κ3) is 3.45. The lowest BCUT2D eigenvalue weighted by Crippen LogP contribution is -2.40. The molecule has 6 heteroatoms. The first kappa shape index (κ1) is 16.4. The number of carboxylic acid groups (broad SMARTS) is 1. The number of likely N-dealkylation sites (N-methyl/N-ethyl adjacent to an activating group) is 2. The molecule has 0 aromatic heterocycles. The molecule has 0 bridgehead atoms. The van der Waals surface area contributed by atoms with Crippen LogP contribution in [0, 0.1) is 11.6 Å². The molecule has 0 amide bonds. The highest BCUT2D eigenvalue weighted by molar-refractivity contribution is 5.88. The molecule has 4 nitrogen and oxygen atoms in total. The second kappa shape index (κ2) is 6.65. The first-order valence-corrected chi connectivity index (χ1v) is 6.42. The lowest BCUT2D eigenvalue weighted by atomic mass is 10.1. The largest absolute Gasteiger partial charge is 0.478 e. The van der Waals surface area contributed by atoms with Crippen molar-refractivity contribution in [3.63, 3.8) is 0 Å². The summed E-state index contributed by atoms with van der Waals surface area (Å²) in [6.07, 6.45) is 0. The van der Waals surface area contributed by atoms with E-state index in [2.05, 4.69) is 0 Å². The molecule has 1 rings (SSSR count). The standard InChI is InChI=1S/C14H20F2N2O2/c1-5-18(9(2)8-17(3)4)11-7-6-10(14(19)20)12(15)13(11)16/h6-7,9H,5,8H2,1-4H3,(H,19,20). The van der Waals surface area contributed by atoms with Crippen LogP contribution >= 0.6 is 0 Å². The fourth-order valence-corrected chi connectivity index (χ4v) is 2.27. The van der Waals surface area contributed by atoms with E-state index in [0.29, 0.717) is 13.1 Å². The summed E-state index contributed by atoms with van der Waals surface area (Å²) >= 11 is 0. The number of benzene rings is 1. The molecule has 0 saturated carbocycles. The molecule has 0 heterocycles. The molecule has 112 valence electrons. The van der Waals surface area contributed by atoms with Crippen molar-refractivity contribution in [1.29, 1.82) is 0 Å². The Morgan fingerprint density at radius 1 is 1.30 bits per heavy atom. The maximum Gasteiger partial charge on any atom is 0.338 e. The highest BCUT2D eigenvalue weighted by atomic mass is 19.2. The van der Waals surface area contributed by atoms with Crippen LogP contribution in [0.5, 0.6) is 0 Å². The van der Waals surface area contributed by atoms with Crippen molar-refractivity contribution in [2.75, 3.05) is 32.1 Å². The van der Waals surface area contributed by atoms with E-state index in [9.17, 15) is 13.6 Å². The van der Waals surface area contributed by atoms with Crippen molar-refractivity contribution in [3.05, 3.63) is 29.3 Å². The van der Waals surface area contributed by atoms with Gasteiger partial charge in [-0.15, -0.1) is 0 Å². The quantitative estimate of drug-likeness (QED) is 0.872. The van der Waals surface area contributed by atoms with Crippen molar-refractivity contribution >= 4 is 11.7 Å². The molecule has 1 unspecified atom stereocenters. The van der Waals surface area contributed by atoms with Crippen molar-refractivity contribution in [1.82, 2.24) is 4.90 Å². The Morgan fingerprint density at radius 3 is 2.35 bits per heavy atom. The molecule has 0 radical (unpaired) electrons. The molecule has 0 saturated heterocycles. The maximum absolute atomic E-state index is 14.1. The first-order chi connectivity index (χ1) is 9.29. The van der Waals surface area contributed by atoms with Crippen LogP contribution in [0.25, 0.3) is 0 Å². The second-order valence-corrected chi connectivity index (χ2v) is 4.96. The van der Waals surface area contributed by atoms with Gasteiger partial charge in [0.1, 0.15) is 0 Å². The molecule has 1 aromatic rings. The number of hydrogen-bond donors (Lipinski definition) is 1. The average Bonchev–Trinajstić information content (AvgIpc) is 2.34. The number of hydrogen-bond acceptors (Lipinski definition) is 3. The van der Waals surface area contributed by atoms with E-state index >= 15 is 0 Å². The molecular weight excluding hydrogens is 266 g/mol. The van der Waals surface area contributed by atoms with Crippen LogP contribution in [0.4, 0.5) is 14.5 Å². The summed E-state index contributed by atoms with van der Waals surface area (Å²) in [5, 5.41) is 8.78. The number of halogens is 2. The summed E-state index contributed by atoms with van der Waals surface area (Å²) in [7, 11) is 3.80. The first-order valence-electron chi connectivity index (χ1n) is 6.42. The summed E-state index contributed by atoms with van der Waals surface area (Å²) in [5.74, 6) is -3.90. The Kier molecular flexibility index (Phi) is 5.44. The van der Waals surface area contributed by atoms with Crippen molar-refractivity contribution in [3.8, 4) is 0 Å². The molecular formula is C14H20F2N2O2. The molecule has 0 spiro atoms. The van der Waals surface area contributed by atoms with Crippen LogP contribution in [-0.2, 0) is 0 Å². The van der Waals surface area contributed by atoms with Crippen LogP contribution in [-0.4, -0.2) is 49.2 Å².